The van der Waals surface area contributed by atoms with Gasteiger partial charge in [-0.1, -0.05) is 35.3 Å². The van der Waals surface area contributed by atoms with Crippen LogP contribution in [-0.2, 0) is 6.61 Å². The molecule has 2 heterocycles. The minimum absolute atomic E-state index is 0.169. The number of carbonyl (C=O) groups is 1. The summed E-state index contributed by atoms with van der Waals surface area (Å²) in [6.45, 7) is 2.31. The molecule has 156 valence electrons. The molecule has 0 N–H and O–H groups in total. The van der Waals surface area contributed by atoms with Gasteiger partial charge in [0.25, 0.3) is 0 Å². The van der Waals surface area contributed by atoms with Gasteiger partial charge in [-0.15, -0.1) is 0 Å². The van der Waals surface area contributed by atoms with E-state index in [1.165, 1.54) is 0 Å². The van der Waals surface area contributed by atoms with Crippen LogP contribution in [0, 0.1) is 6.92 Å². The third-order valence-corrected chi connectivity index (χ3v) is 5.63. The molecule has 0 saturated heterocycles. The van der Waals surface area contributed by atoms with Crippen molar-refractivity contribution in [2.24, 2.45) is 0 Å². The molecule has 3 aromatic carbocycles. The Hall–Kier alpha value is -3.15. The maximum atomic E-state index is 12.9. The Morgan fingerprint density at radius 3 is 2.68 bits per heavy atom. The van der Waals surface area contributed by atoms with Gasteiger partial charge in [0, 0.05) is 21.7 Å². The molecule has 0 atom stereocenters. The lowest BCUT2D eigenvalue weighted by Gasteiger charge is -2.10. The molecule has 5 rings (SSSR count). The van der Waals surface area contributed by atoms with Gasteiger partial charge in [0.1, 0.15) is 18.1 Å². The zero-order valence-corrected chi connectivity index (χ0v) is 17.9. The molecule has 5 nitrogen and oxygen atoms in total. The van der Waals surface area contributed by atoms with Gasteiger partial charge < -0.3 is 18.9 Å². The van der Waals surface area contributed by atoms with Gasteiger partial charge in [0.15, 0.2) is 17.3 Å². The van der Waals surface area contributed by atoms with E-state index in [4.69, 9.17) is 42.1 Å². The highest BCUT2D eigenvalue weighted by Gasteiger charge is 2.30. The summed E-state index contributed by atoms with van der Waals surface area (Å²) in [5.74, 6) is 2.45. The third kappa shape index (κ3) is 3.82. The zero-order valence-electron chi connectivity index (χ0n) is 16.4. The normalized spacial score (nSPS) is 15.2. The predicted octanol–water partition coefficient (Wildman–Crippen LogP) is 6.23. The Labute approximate surface area is 188 Å². The number of allylic oxidation sites excluding steroid dienone is 1. The molecule has 3 aromatic rings. The first-order valence-electron chi connectivity index (χ1n) is 9.53. The van der Waals surface area contributed by atoms with E-state index in [0.29, 0.717) is 38.6 Å². The molecule has 7 heteroatoms. The summed E-state index contributed by atoms with van der Waals surface area (Å²) in [4.78, 5) is 12.9. The van der Waals surface area contributed by atoms with E-state index in [0.717, 1.165) is 16.7 Å². The number of rotatable bonds is 4. The molecule has 31 heavy (non-hydrogen) atoms. The van der Waals surface area contributed by atoms with Crippen LogP contribution in [0.1, 0.15) is 27.0 Å². The minimum Gasteiger partial charge on any atom is -0.489 e. The van der Waals surface area contributed by atoms with Gasteiger partial charge in [-0.05, 0) is 54.5 Å². The molecule has 0 saturated carbocycles. The maximum Gasteiger partial charge on any atom is 0.232 e. The van der Waals surface area contributed by atoms with Crippen molar-refractivity contribution in [3.63, 3.8) is 0 Å². The summed E-state index contributed by atoms with van der Waals surface area (Å²) < 4.78 is 22.5. The number of Topliss-reactive ketones (excluding diaryl/α,β-unsaturated/α-hetero) is 1. The van der Waals surface area contributed by atoms with Crippen molar-refractivity contribution < 1.29 is 23.7 Å². The number of hydrogen-bond donors (Lipinski definition) is 0. The van der Waals surface area contributed by atoms with Crippen LogP contribution in [0.3, 0.4) is 0 Å². The van der Waals surface area contributed by atoms with Crippen LogP contribution in [-0.4, -0.2) is 12.6 Å². The molecule has 0 radical (unpaired) electrons. The van der Waals surface area contributed by atoms with E-state index in [9.17, 15) is 4.79 Å². The fourth-order valence-corrected chi connectivity index (χ4v) is 3.98. The molecule has 0 unspecified atom stereocenters. The van der Waals surface area contributed by atoms with E-state index >= 15 is 0 Å². The first-order chi connectivity index (χ1) is 15.0. The van der Waals surface area contributed by atoms with Crippen LogP contribution in [0.15, 0.2) is 54.3 Å². The second kappa shape index (κ2) is 7.84. The van der Waals surface area contributed by atoms with Crippen LogP contribution < -0.4 is 18.9 Å². The van der Waals surface area contributed by atoms with E-state index in [1.807, 2.05) is 31.2 Å². The highest BCUT2D eigenvalue weighted by Crippen LogP contribution is 2.39. The molecule has 0 fully saturated rings. The molecule has 0 amide bonds. The van der Waals surface area contributed by atoms with E-state index < -0.39 is 0 Å². The topological polar surface area (TPSA) is 54.0 Å². The van der Waals surface area contributed by atoms with E-state index in [2.05, 4.69) is 0 Å². The van der Waals surface area contributed by atoms with Gasteiger partial charge in [0.2, 0.25) is 12.6 Å². The third-order valence-electron chi connectivity index (χ3n) is 5.05. The molecule has 2 aliphatic rings. The number of aryl methyl sites for hydroxylation is 1. The van der Waals surface area contributed by atoms with Crippen molar-refractivity contribution >= 4 is 35.1 Å². The largest absolute Gasteiger partial charge is 0.489 e. The molecule has 0 spiro atoms. The highest BCUT2D eigenvalue weighted by atomic mass is 35.5. The summed E-state index contributed by atoms with van der Waals surface area (Å²) >= 11 is 12.2. The number of halogens is 2. The summed E-state index contributed by atoms with van der Waals surface area (Å²) in [6.07, 6.45) is 1.69. The monoisotopic (exact) mass is 454 g/mol. The summed E-state index contributed by atoms with van der Waals surface area (Å²) in [5, 5.41) is 1.10. The van der Waals surface area contributed by atoms with Crippen molar-refractivity contribution in [1.29, 1.82) is 0 Å². The molecule has 0 aliphatic carbocycles. The van der Waals surface area contributed by atoms with Crippen molar-refractivity contribution in [3.8, 4) is 23.0 Å². The number of fused-ring (bicyclic) bond motifs is 2. The van der Waals surface area contributed by atoms with Crippen LogP contribution in [0.2, 0.25) is 10.0 Å². The second-order valence-corrected chi connectivity index (χ2v) is 8.03. The fourth-order valence-electron chi connectivity index (χ4n) is 3.51. The fraction of sp³-hybridized carbons (Fsp3) is 0.125. The lowest BCUT2D eigenvalue weighted by Crippen LogP contribution is -2.00. The predicted molar refractivity (Wildman–Crippen MR) is 117 cm³/mol. The molecule has 0 bridgehead atoms. The Balaban J connectivity index is 1.38. The van der Waals surface area contributed by atoms with Gasteiger partial charge in [0.05, 0.1) is 5.56 Å². The van der Waals surface area contributed by atoms with Crippen LogP contribution >= 0.6 is 23.2 Å². The van der Waals surface area contributed by atoms with Crippen molar-refractivity contribution in [2.75, 3.05) is 6.79 Å². The number of ether oxygens (including phenoxy) is 4. The van der Waals surface area contributed by atoms with Crippen molar-refractivity contribution in [3.05, 3.63) is 86.6 Å². The Bertz CT molecular complexity index is 1250. The van der Waals surface area contributed by atoms with Gasteiger partial charge in [-0.25, -0.2) is 0 Å². The quantitative estimate of drug-likeness (QED) is 0.437. The average Bonchev–Trinajstić information content (AvgIpc) is 3.32. The standard InChI is InChI=1S/C24H16Cl2O5/c1-13-6-17(28-11-15-3-4-16(25)9-18(15)26)10-21-23(13)24(27)22(31-21)8-14-2-5-19-20(7-14)30-12-29-19/h2-10H,11-12H2,1H3/b22-8-. The molecular weight excluding hydrogens is 439 g/mol. The SMILES string of the molecule is Cc1cc(OCc2ccc(Cl)cc2Cl)cc2c1C(=O)/C(=C/c1ccc3c(c1)OCO3)O2. The van der Waals surface area contributed by atoms with Gasteiger partial charge in [-0.3, -0.25) is 4.79 Å². The van der Waals surface area contributed by atoms with E-state index in [-0.39, 0.29) is 24.9 Å². The van der Waals surface area contributed by atoms with Gasteiger partial charge in [-0.2, -0.15) is 0 Å². The number of ketones is 1. The first-order valence-corrected chi connectivity index (χ1v) is 10.3. The Kier molecular flexibility index (Phi) is 5.00. The molecule has 2 aliphatic heterocycles. The number of hydrogen-bond acceptors (Lipinski definition) is 5. The van der Waals surface area contributed by atoms with Crippen molar-refractivity contribution in [2.45, 2.75) is 13.5 Å². The highest BCUT2D eigenvalue weighted by molar-refractivity contribution is 6.35. The second-order valence-electron chi connectivity index (χ2n) is 7.19. The average molecular weight is 455 g/mol. The van der Waals surface area contributed by atoms with Crippen LogP contribution in [0.4, 0.5) is 0 Å². The number of benzene rings is 3. The maximum absolute atomic E-state index is 12.9. The van der Waals surface area contributed by atoms with E-state index in [1.54, 1.807) is 30.3 Å². The van der Waals surface area contributed by atoms with Gasteiger partial charge >= 0.3 is 0 Å². The first kappa shape index (κ1) is 19.8. The van der Waals surface area contributed by atoms with Crippen molar-refractivity contribution in [1.82, 2.24) is 0 Å². The number of carbonyl (C=O) groups excluding carboxylic acids is 1. The van der Waals surface area contributed by atoms with Crippen LogP contribution in [0.5, 0.6) is 23.0 Å². The van der Waals surface area contributed by atoms with Crippen LogP contribution in [0.25, 0.3) is 6.08 Å². The lowest BCUT2D eigenvalue weighted by molar-refractivity contribution is 0.101. The molecule has 0 aromatic heterocycles. The summed E-state index contributed by atoms with van der Waals surface area (Å²) in [5.41, 5.74) is 2.90. The lowest BCUT2D eigenvalue weighted by atomic mass is 10.0. The zero-order chi connectivity index (χ0) is 21.5. The summed E-state index contributed by atoms with van der Waals surface area (Å²) in [7, 11) is 0. The smallest absolute Gasteiger partial charge is 0.232 e. The summed E-state index contributed by atoms with van der Waals surface area (Å²) in [6, 6.07) is 14.2. The Morgan fingerprint density at radius 2 is 1.84 bits per heavy atom. The molecular formula is C24H16Cl2O5. The Morgan fingerprint density at radius 1 is 1.00 bits per heavy atom. The minimum atomic E-state index is -0.169.